The highest BCUT2D eigenvalue weighted by molar-refractivity contribution is 7.98. The van der Waals surface area contributed by atoms with E-state index in [9.17, 15) is 18.0 Å². The van der Waals surface area contributed by atoms with Crippen molar-refractivity contribution in [3.8, 4) is 17.1 Å². The summed E-state index contributed by atoms with van der Waals surface area (Å²) in [5, 5.41) is 8.35. The number of benzene rings is 2. The molecular weight excluding hydrogens is 429 g/mol. The maximum Gasteiger partial charge on any atom is 0.247 e. The van der Waals surface area contributed by atoms with E-state index in [2.05, 4.69) is 15.2 Å². The molecule has 0 unspecified atom stereocenters. The number of fused-ring (bicyclic) bond motifs is 3. The van der Waals surface area contributed by atoms with E-state index >= 15 is 0 Å². The molecule has 4 rings (SSSR count). The fourth-order valence-electron chi connectivity index (χ4n) is 3.34. The predicted octanol–water partition coefficient (Wildman–Crippen LogP) is 4.90. The van der Waals surface area contributed by atoms with Crippen molar-refractivity contribution in [1.29, 1.82) is 0 Å². The summed E-state index contributed by atoms with van der Waals surface area (Å²) in [6.45, 7) is 1.81. The number of hydrogen-bond donors (Lipinski definition) is 0. The summed E-state index contributed by atoms with van der Waals surface area (Å²) >= 11 is 1.20. The highest BCUT2D eigenvalue weighted by Gasteiger charge is 2.37. The first-order chi connectivity index (χ1) is 14.9. The SMILES string of the molecule is CCCC(=O)N1c2ccc(F)cc2-c2nnc(SC)nc2O[C@@H]1c1cccc(F)c1F. The van der Waals surface area contributed by atoms with Crippen LogP contribution in [0.5, 0.6) is 5.88 Å². The normalized spacial score (nSPS) is 15.0. The minimum Gasteiger partial charge on any atom is -0.447 e. The molecule has 2 heterocycles. The van der Waals surface area contributed by atoms with Gasteiger partial charge in [-0.2, -0.15) is 4.98 Å². The van der Waals surface area contributed by atoms with Gasteiger partial charge in [-0.05, 0) is 36.9 Å². The lowest BCUT2D eigenvalue weighted by molar-refractivity contribution is -0.120. The van der Waals surface area contributed by atoms with Crippen LogP contribution in [0.3, 0.4) is 0 Å². The van der Waals surface area contributed by atoms with E-state index < -0.39 is 29.6 Å². The topological polar surface area (TPSA) is 68.2 Å². The maximum absolute atomic E-state index is 14.8. The molecule has 31 heavy (non-hydrogen) atoms. The number of thioether (sulfide) groups is 1. The van der Waals surface area contributed by atoms with Gasteiger partial charge in [-0.25, -0.2) is 13.2 Å². The van der Waals surface area contributed by atoms with Gasteiger partial charge in [0.1, 0.15) is 5.82 Å². The fraction of sp³-hybridized carbons (Fsp3) is 0.238. The van der Waals surface area contributed by atoms with Crippen LogP contribution in [0, 0.1) is 17.5 Å². The van der Waals surface area contributed by atoms with Crippen LogP contribution in [0.1, 0.15) is 31.6 Å². The van der Waals surface area contributed by atoms with Crippen molar-refractivity contribution < 1.29 is 22.7 Å². The average molecular weight is 446 g/mol. The number of hydrogen-bond acceptors (Lipinski definition) is 6. The zero-order valence-electron chi connectivity index (χ0n) is 16.6. The number of carbonyl (C=O) groups is 1. The zero-order valence-corrected chi connectivity index (χ0v) is 17.4. The van der Waals surface area contributed by atoms with E-state index in [-0.39, 0.29) is 40.0 Å². The highest BCUT2D eigenvalue weighted by atomic mass is 32.2. The summed E-state index contributed by atoms with van der Waals surface area (Å²) in [5.74, 6) is -3.28. The Morgan fingerprint density at radius 2 is 2.00 bits per heavy atom. The molecule has 0 N–H and O–H groups in total. The molecule has 0 bridgehead atoms. The Kier molecular flexibility index (Phi) is 5.81. The average Bonchev–Trinajstić information content (AvgIpc) is 2.89. The lowest BCUT2D eigenvalue weighted by Crippen LogP contribution is -2.38. The van der Waals surface area contributed by atoms with Crippen molar-refractivity contribution >= 4 is 23.4 Å². The third-order valence-corrected chi connectivity index (χ3v) is 5.27. The third kappa shape index (κ3) is 3.83. The number of aromatic nitrogens is 3. The van der Waals surface area contributed by atoms with Gasteiger partial charge in [0.2, 0.25) is 23.2 Å². The van der Waals surface area contributed by atoms with Crippen LogP contribution in [0.4, 0.5) is 18.9 Å². The van der Waals surface area contributed by atoms with Gasteiger partial charge in [0.25, 0.3) is 0 Å². The van der Waals surface area contributed by atoms with Crippen LogP contribution in [0.2, 0.25) is 0 Å². The van der Waals surface area contributed by atoms with Gasteiger partial charge in [-0.3, -0.25) is 9.69 Å². The zero-order chi connectivity index (χ0) is 22.1. The Labute approximate surface area is 180 Å². The highest BCUT2D eigenvalue weighted by Crippen LogP contribution is 2.44. The lowest BCUT2D eigenvalue weighted by atomic mass is 10.1. The minimum absolute atomic E-state index is 0.0633. The molecule has 1 aromatic heterocycles. The van der Waals surface area contributed by atoms with E-state index in [1.54, 1.807) is 6.26 Å². The van der Waals surface area contributed by atoms with E-state index in [0.717, 1.165) is 6.07 Å². The van der Waals surface area contributed by atoms with Crippen molar-refractivity contribution in [3.05, 3.63) is 59.4 Å². The molecule has 0 saturated carbocycles. The first-order valence-corrected chi connectivity index (χ1v) is 10.7. The van der Waals surface area contributed by atoms with Crippen LogP contribution in [-0.2, 0) is 4.79 Å². The molecule has 1 amide bonds. The standard InChI is InChI=1S/C21H17F3N4O2S/c1-3-5-16(29)28-15-9-8-11(22)10-13(15)18-19(25-21(31-2)27-26-18)30-20(28)12-6-4-7-14(23)17(12)24/h4,6-10,20H,3,5H2,1-2H3/t20-/m1/s1. The molecule has 0 radical (unpaired) electrons. The molecule has 1 aliphatic rings. The monoisotopic (exact) mass is 446 g/mol. The number of rotatable bonds is 4. The molecule has 2 aromatic carbocycles. The van der Waals surface area contributed by atoms with E-state index in [1.807, 2.05) is 6.92 Å². The third-order valence-electron chi connectivity index (χ3n) is 4.73. The predicted molar refractivity (Wildman–Crippen MR) is 109 cm³/mol. The summed E-state index contributed by atoms with van der Waals surface area (Å²) in [4.78, 5) is 18.6. The Balaban J connectivity index is 2.02. The largest absolute Gasteiger partial charge is 0.447 e. The van der Waals surface area contributed by atoms with Crippen LogP contribution in [-0.4, -0.2) is 27.3 Å². The van der Waals surface area contributed by atoms with Gasteiger partial charge in [-0.15, -0.1) is 10.2 Å². The molecule has 1 atom stereocenters. The minimum atomic E-state index is -1.38. The Morgan fingerprint density at radius 1 is 1.19 bits per heavy atom. The second kappa shape index (κ2) is 8.54. The molecule has 1 aliphatic heterocycles. The Bertz CT molecular complexity index is 1160. The molecular formula is C21H17F3N4O2S. The fourth-order valence-corrected chi connectivity index (χ4v) is 3.64. The summed E-state index contributed by atoms with van der Waals surface area (Å²) < 4.78 is 49.0. The van der Waals surface area contributed by atoms with Gasteiger partial charge in [-0.1, -0.05) is 30.8 Å². The van der Waals surface area contributed by atoms with Crippen molar-refractivity contribution in [3.63, 3.8) is 0 Å². The van der Waals surface area contributed by atoms with Gasteiger partial charge >= 0.3 is 0 Å². The Morgan fingerprint density at radius 3 is 2.74 bits per heavy atom. The number of amides is 1. The lowest BCUT2D eigenvalue weighted by Gasteiger charge is -2.31. The summed E-state index contributed by atoms with van der Waals surface area (Å²) in [5.41, 5.74) is 0.351. The van der Waals surface area contributed by atoms with Gasteiger partial charge in [0.15, 0.2) is 17.3 Å². The van der Waals surface area contributed by atoms with Crippen molar-refractivity contribution in [1.82, 2.24) is 15.2 Å². The van der Waals surface area contributed by atoms with Crippen molar-refractivity contribution in [2.45, 2.75) is 31.1 Å². The van der Waals surface area contributed by atoms with Crippen LogP contribution >= 0.6 is 11.8 Å². The molecule has 3 aromatic rings. The van der Waals surface area contributed by atoms with E-state index in [0.29, 0.717) is 6.42 Å². The first kappa shape index (κ1) is 21.1. The molecule has 0 aliphatic carbocycles. The van der Waals surface area contributed by atoms with E-state index in [1.165, 1.54) is 47.0 Å². The molecule has 0 saturated heterocycles. The second-order valence-electron chi connectivity index (χ2n) is 6.74. The Hall–Kier alpha value is -3.14. The van der Waals surface area contributed by atoms with Crippen molar-refractivity contribution in [2.75, 3.05) is 11.2 Å². The number of halogens is 3. The number of carbonyl (C=O) groups excluding carboxylic acids is 1. The van der Waals surface area contributed by atoms with Crippen molar-refractivity contribution in [2.24, 2.45) is 0 Å². The van der Waals surface area contributed by atoms with Crippen LogP contribution in [0.15, 0.2) is 41.6 Å². The maximum atomic E-state index is 14.8. The summed E-state index contributed by atoms with van der Waals surface area (Å²) in [6, 6.07) is 7.36. The smallest absolute Gasteiger partial charge is 0.247 e. The molecule has 160 valence electrons. The quantitative estimate of drug-likeness (QED) is 0.531. The summed E-state index contributed by atoms with van der Waals surface area (Å²) in [6.07, 6.45) is 0.964. The molecule has 6 nitrogen and oxygen atoms in total. The van der Waals surface area contributed by atoms with Crippen LogP contribution < -0.4 is 9.64 Å². The molecule has 0 fully saturated rings. The van der Waals surface area contributed by atoms with E-state index in [4.69, 9.17) is 4.74 Å². The van der Waals surface area contributed by atoms with Gasteiger partial charge < -0.3 is 4.74 Å². The molecule has 10 heteroatoms. The number of ether oxygens (including phenoxy) is 1. The molecule has 0 spiro atoms. The van der Waals surface area contributed by atoms with Gasteiger partial charge in [0, 0.05) is 12.0 Å². The first-order valence-electron chi connectivity index (χ1n) is 9.45. The summed E-state index contributed by atoms with van der Waals surface area (Å²) in [7, 11) is 0. The number of anilines is 1. The van der Waals surface area contributed by atoms with Gasteiger partial charge in [0.05, 0.1) is 11.3 Å². The van der Waals surface area contributed by atoms with Crippen LogP contribution in [0.25, 0.3) is 11.3 Å². The number of nitrogens with zero attached hydrogens (tertiary/aromatic N) is 4. The second-order valence-corrected chi connectivity index (χ2v) is 7.51.